The van der Waals surface area contributed by atoms with Crippen LogP contribution in [-0.4, -0.2) is 22.8 Å². The molecule has 0 radical (unpaired) electrons. The molecule has 7 rings (SSSR count). The second-order valence-electron chi connectivity index (χ2n) is 14.9. The van der Waals surface area contributed by atoms with Crippen LogP contribution in [0.25, 0.3) is 0 Å². The normalized spacial score (nSPS) is 11.4. The molecular weight excluding hydrogens is 1040 g/mol. The van der Waals surface area contributed by atoms with E-state index in [0.717, 1.165) is 17.7 Å². The third kappa shape index (κ3) is 9.76. The van der Waals surface area contributed by atoms with E-state index in [9.17, 15) is 57.5 Å². The van der Waals surface area contributed by atoms with Crippen LogP contribution >= 0.6 is 11.8 Å². The van der Waals surface area contributed by atoms with Gasteiger partial charge in [0.25, 0.3) is 0 Å². The molecule has 25 heteroatoms. The number of thioether (sulfide) groups is 1. The van der Waals surface area contributed by atoms with Gasteiger partial charge in [-0.25, -0.2) is 87.8 Å². The topological polar surface area (TPSA) is 39.9 Å². The van der Waals surface area contributed by atoms with Crippen molar-refractivity contribution in [1.29, 1.82) is 0 Å². The van der Waals surface area contributed by atoms with Gasteiger partial charge in [0.15, 0.2) is 76.4 Å². The molecule has 72 heavy (non-hydrogen) atoms. The second-order valence-corrected chi connectivity index (χ2v) is 16.1. The summed E-state index contributed by atoms with van der Waals surface area (Å²) in [6.07, 6.45) is -6.62. The molecule has 0 atom stereocenters. The molecule has 7 aromatic carbocycles. The highest BCUT2D eigenvalue weighted by molar-refractivity contribution is 7.99. The standard InChI is InChI=1S/C24BF20.C23H22O3S/c26-5-1(6(27)14(35)21(42)13(5)34)25(2-7(28)15(36)22(43)16(37)8(2)29,3-9(30)17(38)23(44)18(39)10(3)31)4-11(32)19(40)24(45)20(41)12(4)33;1-18-7-5-6-10-20(18)15-16-27-22-13-11-21(12-14-22)26-23(24)25-17-19-8-3-2-4-9-19/h;2-14H,15-17H2,1H3/q-1;/p+1. The molecule has 0 aliphatic carbocycles. The van der Waals surface area contributed by atoms with E-state index in [1.165, 1.54) is 16.0 Å². The van der Waals surface area contributed by atoms with Gasteiger partial charge in [-0.05, 0) is 36.6 Å². The third-order valence-corrected chi connectivity index (χ3v) is 11.9. The van der Waals surface area contributed by atoms with Gasteiger partial charge in [0.05, 0.1) is 0 Å². The SMILES string of the molecule is Cc1ccccc1CCSc1ccc(OC(=[OH+])OCc2ccccc2)cc1.Fc1c(F)c(F)c([B-](c2c(F)c(F)c(F)c(F)c2F)(c2c(F)c(F)c(F)c(F)c2F)c2c(F)c(F)c(F)c(F)c2F)c(F)c1F. The Morgan fingerprint density at radius 2 is 0.736 bits per heavy atom. The van der Waals surface area contributed by atoms with Crippen molar-refractivity contribution >= 4 is 45.9 Å². The lowest BCUT2D eigenvalue weighted by Crippen LogP contribution is -2.81. The number of carbonyl (C=O) groups excluding carboxylic acids is 1. The smallest absolute Gasteiger partial charge is 0.336 e. The number of hydrogen-bond acceptors (Lipinski definition) is 3. The van der Waals surface area contributed by atoms with Gasteiger partial charge in [0.2, 0.25) is 5.75 Å². The zero-order valence-corrected chi connectivity index (χ0v) is 36.3. The predicted octanol–water partition coefficient (Wildman–Crippen LogP) is 11.2. The summed E-state index contributed by atoms with van der Waals surface area (Å²) in [6, 6.07) is 25.8. The molecule has 0 aliphatic heterocycles. The van der Waals surface area contributed by atoms with E-state index >= 15 is 35.1 Å². The van der Waals surface area contributed by atoms with Crippen molar-refractivity contribution in [2.45, 2.75) is 24.8 Å². The molecule has 0 bridgehead atoms. The van der Waals surface area contributed by atoms with Crippen LogP contribution in [0.1, 0.15) is 16.7 Å². The minimum Gasteiger partial charge on any atom is -0.336 e. The molecule has 0 saturated heterocycles. The highest BCUT2D eigenvalue weighted by Gasteiger charge is 2.52. The van der Waals surface area contributed by atoms with Gasteiger partial charge >= 0.3 is 6.16 Å². The molecule has 1 N–H and O–H groups in total. The van der Waals surface area contributed by atoms with Gasteiger partial charge < -0.3 is 9.53 Å². The van der Waals surface area contributed by atoms with Crippen LogP contribution in [0.15, 0.2) is 83.8 Å². The van der Waals surface area contributed by atoms with Crippen molar-refractivity contribution in [3.05, 3.63) is 212 Å². The molecule has 3 nitrogen and oxygen atoms in total. The summed E-state index contributed by atoms with van der Waals surface area (Å²) in [5.74, 6) is -69.8. The van der Waals surface area contributed by atoms with Crippen LogP contribution in [0, 0.1) is 123 Å². The summed E-state index contributed by atoms with van der Waals surface area (Å²) in [6.45, 7) is 2.41. The predicted molar refractivity (Wildman–Crippen MR) is 220 cm³/mol. The van der Waals surface area contributed by atoms with Crippen molar-refractivity contribution in [3.8, 4) is 5.75 Å². The zero-order valence-electron chi connectivity index (χ0n) is 35.4. The second kappa shape index (κ2) is 21.7. The molecule has 0 aliphatic rings. The van der Waals surface area contributed by atoms with Gasteiger partial charge in [-0.15, -0.1) is 33.6 Å². The Morgan fingerprint density at radius 1 is 0.417 bits per heavy atom. The fraction of sp³-hybridized carbons (Fsp3) is 0.0851. The number of ether oxygens (including phenoxy) is 2. The highest BCUT2D eigenvalue weighted by Crippen LogP contribution is 2.31. The van der Waals surface area contributed by atoms with E-state index in [1.54, 1.807) is 11.8 Å². The molecular formula is C47H23BF20O3S. The van der Waals surface area contributed by atoms with Gasteiger partial charge in [0.1, 0.15) is 52.7 Å². The maximum absolute atomic E-state index is 15.4. The van der Waals surface area contributed by atoms with E-state index in [1.807, 2.05) is 54.6 Å². The highest BCUT2D eigenvalue weighted by atomic mass is 32.2. The number of rotatable bonds is 11. The third-order valence-electron chi connectivity index (χ3n) is 10.8. The van der Waals surface area contributed by atoms with E-state index in [4.69, 9.17) is 9.47 Å². The average Bonchev–Trinajstić information content (AvgIpc) is 3.37. The molecule has 378 valence electrons. The minimum absolute atomic E-state index is 0.263. The van der Waals surface area contributed by atoms with Crippen LogP contribution in [0.4, 0.5) is 87.8 Å². The Balaban J connectivity index is 0.000000266. The largest absolute Gasteiger partial charge is 0.718 e. The Kier molecular flexibility index (Phi) is 16.3. The van der Waals surface area contributed by atoms with Gasteiger partial charge in [-0.3, -0.25) is 4.74 Å². The minimum atomic E-state index is -7.22. The van der Waals surface area contributed by atoms with Gasteiger partial charge in [-0.2, -0.15) is 0 Å². The van der Waals surface area contributed by atoms with Crippen LogP contribution < -0.4 is 26.6 Å². The fourth-order valence-corrected chi connectivity index (χ4v) is 8.38. The number of benzene rings is 7. The summed E-state index contributed by atoms with van der Waals surface area (Å²) in [7, 11) is 0. The lowest BCUT2D eigenvalue weighted by atomic mass is 9.12. The Morgan fingerprint density at radius 3 is 1.08 bits per heavy atom. The van der Waals surface area contributed by atoms with Crippen LogP contribution in [-0.2, 0) is 17.8 Å². The summed E-state index contributed by atoms with van der Waals surface area (Å²) >= 11 is 1.80. The first kappa shape index (κ1) is 54.2. The van der Waals surface area contributed by atoms with E-state index in [2.05, 4.69) is 31.2 Å². The van der Waals surface area contributed by atoms with Crippen molar-refractivity contribution in [1.82, 2.24) is 0 Å². The summed E-state index contributed by atoms with van der Waals surface area (Å²) < 4.78 is 305. The first-order chi connectivity index (χ1) is 33.9. The molecule has 0 fully saturated rings. The molecule has 0 spiro atoms. The molecule has 0 unspecified atom stereocenters. The van der Waals surface area contributed by atoms with E-state index in [-0.39, 0.29) is 6.61 Å². The van der Waals surface area contributed by atoms with Crippen molar-refractivity contribution in [3.63, 3.8) is 0 Å². The Hall–Kier alpha value is -7.18. The van der Waals surface area contributed by atoms with E-state index in [0.29, 0.717) is 5.75 Å². The van der Waals surface area contributed by atoms with Crippen LogP contribution in [0.5, 0.6) is 5.75 Å². The summed E-state index contributed by atoms with van der Waals surface area (Å²) in [4.78, 5) is 11.0. The molecule has 7 aromatic rings. The molecule has 0 amide bonds. The molecule has 0 aromatic heterocycles. The van der Waals surface area contributed by atoms with Gasteiger partial charge in [0, 0.05) is 28.3 Å². The monoisotopic (exact) mass is 1060 g/mol. The molecule has 0 saturated carbocycles. The lowest BCUT2D eigenvalue weighted by molar-refractivity contribution is 0.186. The number of aryl methyl sites for hydroxylation is 2. The first-order valence-electron chi connectivity index (χ1n) is 19.8. The van der Waals surface area contributed by atoms with Crippen LogP contribution in [0.2, 0.25) is 0 Å². The lowest BCUT2D eigenvalue weighted by Gasteiger charge is -2.44. The molecule has 0 heterocycles. The van der Waals surface area contributed by atoms with Crippen molar-refractivity contribution < 1.29 is 102 Å². The maximum Gasteiger partial charge on any atom is 0.718 e. The van der Waals surface area contributed by atoms with E-state index < -0.39 is 150 Å². The van der Waals surface area contributed by atoms with Crippen LogP contribution in [0.3, 0.4) is 0 Å². The number of hydrogen-bond donors (Lipinski definition) is 0. The Bertz CT molecular complexity index is 2850. The number of halogens is 20. The summed E-state index contributed by atoms with van der Waals surface area (Å²) in [5.41, 5.74) is -10.6. The quantitative estimate of drug-likeness (QED) is 0.0189. The fourth-order valence-electron chi connectivity index (χ4n) is 7.50. The van der Waals surface area contributed by atoms with Crippen molar-refractivity contribution in [2.75, 3.05) is 5.75 Å². The maximum atomic E-state index is 15.4. The average molecular weight is 1060 g/mol. The summed E-state index contributed by atoms with van der Waals surface area (Å²) in [5, 5.41) is 0. The Labute approximate surface area is 395 Å². The zero-order chi connectivity index (χ0) is 53.3. The van der Waals surface area contributed by atoms with Gasteiger partial charge in [-0.1, -0.05) is 54.6 Å². The first-order valence-corrected chi connectivity index (χ1v) is 20.8. The van der Waals surface area contributed by atoms with Crippen molar-refractivity contribution in [2.24, 2.45) is 0 Å².